The minimum atomic E-state index is -0.400. The fourth-order valence-corrected chi connectivity index (χ4v) is 3.38. The van der Waals surface area contributed by atoms with E-state index < -0.39 is 5.82 Å². The highest BCUT2D eigenvalue weighted by Crippen LogP contribution is 2.18. The zero-order valence-electron chi connectivity index (χ0n) is 17.4. The summed E-state index contributed by atoms with van der Waals surface area (Å²) in [6.07, 6.45) is 1.95. The van der Waals surface area contributed by atoms with E-state index >= 15 is 0 Å². The first-order valence-corrected chi connectivity index (χ1v) is 10.0. The molecular weight excluding hydrogens is 494 g/mol. The molecule has 0 atom stereocenters. The first kappa shape index (κ1) is 23.9. The van der Waals surface area contributed by atoms with E-state index in [2.05, 4.69) is 31.6 Å². The van der Waals surface area contributed by atoms with Gasteiger partial charge in [-0.05, 0) is 51.0 Å². The van der Waals surface area contributed by atoms with Gasteiger partial charge in [0, 0.05) is 36.9 Å². The maximum atomic E-state index is 14.1. The van der Waals surface area contributed by atoms with Gasteiger partial charge in [-0.2, -0.15) is 5.26 Å². The summed E-state index contributed by atoms with van der Waals surface area (Å²) < 4.78 is 14.1. The molecule has 0 aliphatic carbocycles. The SMILES string of the molecule is CCNC(=NCc1ccc(C#N)cc1F)NC1CCN(c2cccc(C)n2)CC1.I. The van der Waals surface area contributed by atoms with E-state index in [1.165, 1.54) is 6.07 Å². The Bertz CT molecular complexity index is 903. The van der Waals surface area contributed by atoms with Crippen molar-refractivity contribution in [3.05, 3.63) is 59.0 Å². The number of nitriles is 1. The van der Waals surface area contributed by atoms with E-state index in [9.17, 15) is 4.39 Å². The molecule has 30 heavy (non-hydrogen) atoms. The van der Waals surface area contributed by atoms with Crippen molar-refractivity contribution in [1.82, 2.24) is 15.6 Å². The van der Waals surface area contributed by atoms with E-state index in [1.807, 2.05) is 32.0 Å². The fourth-order valence-electron chi connectivity index (χ4n) is 3.38. The van der Waals surface area contributed by atoms with E-state index in [-0.39, 0.29) is 30.5 Å². The number of aromatic nitrogens is 1. The zero-order valence-corrected chi connectivity index (χ0v) is 19.7. The van der Waals surface area contributed by atoms with E-state index in [0.717, 1.165) is 44.0 Å². The Kier molecular flexibility index (Phi) is 9.30. The lowest BCUT2D eigenvalue weighted by Crippen LogP contribution is -2.48. The number of nitrogens with zero attached hydrogens (tertiary/aromatic N) is 4. The minimum Gasteiger partial charge on any atom is -0.357 e. The zero-order chi connectivity index (χ0) is 20.6. The number of hydrogen-bond acceptors (Lipinski definition) is 4. The van der Waals surface area contributed by atoms with Crippen LogP contribution >= 0.6 is 24.0 Å². The highest BCUT2D eigenvalue weighted by atomic mass is 127. The molecule has 2 N–H and O–H groups in total. The second-order valence-electron chi connectivity index (χ2n) is 7.16. The van der Waals surface area contributed by atoms with Crippen LogP contribution in [0.1, 0.15) is 36.6 Å². The van der Waals surface area contributed by atoms with Crippen LogP contribution in [0.25, 0.3) is 0 Å². The number of hydrogen-bond donors (Lipinski definition) is 2. The Labute approximate surface area is 194 Å². The van der Waals surface area contributed by atoms with Crippen LogP contribution in [-0.4, -0.2) is 36.6 Å². The Balaban J connectivity index is 0.00000320. The molecule has 0 bridgehead atoms. The third kappa shape index (κ3) is 6.55. The van der Waals surface area contributed by atoms with Crippen molar-refractivity contribution in [1.29, 1.82) is 5.26 Å². The average Bonchev–Trinajstić information content (AvgIpc) is 2.73. The predicted octanol–water partition coefficient (Wildman–Crippen LogP) is 3.74. The number of aliphatic imine (C=N–C) groups is 1. The van der Waals surface area contributed by atoms with Gasteiger partial charge in [0.25, 0.3) is 0 Å². The lowest BCUT2D eigenvalue weighted by molar-refractivity contribution is 0.459. The summed E-state index contributed by atoms with van der Waals surface area (Å²) >= 11 is 0. The molecule has 6 nitrogen and oxygen atoms in total. The van der Waals surface area contributed by atoms with Crippen molar-refractivity contribution < 1.29 is 4.39 Å². The van der Waals surface area contributed by atoms with Crippen LogP contribution < -0.4 is 15.5 Å². The van der Waals surface area contributed by atoms with Crippen LogP contribution in [0.4, 0.5) is 10.2 Å². The van der Waals surface area contributed by atoms with Gasteiger partial charge in [0.1, 0.15) is 11.6 Å². The molecule has 1 aliphatic rings. The summed E-state index contributed by atoms with van der Waals surface area (Å²) in [6.45, 7) is 6.82. The number of rotatable bonds is 5. The predicted molar refractivity (Wildman–Crippen MR) is 129 cm³/mol. The van der Waals surface area contributed by atoms with Crippen molar-refractivity contribution in [2.24, 2.45) is 4.99 Å². The number of anilines is 1. The molecule has 1 aromatic heterocycles. The van der Waals surface area contributed by atoms with Gasteiger partial charge in [-0.25, -0.2) is 14.4 Å². The number of nitrogens with one attached hydrogen (secondary N) is 2. The molecule has 0 saturated carbocycles. The van der Waals surface area contributed by atoms with Crippen LogP contribution in [0.3, 0.4) is 0 Å². The first-order valence-electron chi connectivity index (χ1n) is 10.0. The first-order chi connectivity index (χ1) is 14.1. The van der Waals surface area contributed by atoms with Crippen molar-refractivity contribution in [2.45, 2.75) is 39.3 Å². The molecule has 1 fully saturated rings. The number of aryl methyl sites for hydroxylation is 1. The van der Waals surface area contributed by atoms with Crippen LogP contribution in [0.15, 0.2) is 41.4 Å². The van der Waals surface area contributed by atoms with Gasteiger partial charge >= 0.3 is 0 Å². The Hall–Kier alpha value is -2.41. The fraction of sp³-hybridized carbons (Fsp3) is 0.409. The van der Waals surface area contributed by atoms with Gasteiger partial charge in [0.2, 0.25) is 0 Å². The summed E-state index contributed by atoms with van der Waals surface area (Å²) in [5.41, 5.74) is 1.82. The van der Waals surface area contributed by atoms with Crippen LogP contribution in [0.5, 0.6) is 0 Å². The molecular formula is C22H28FIN6. The largest absolute Gasteiger partial charge is 0.357 e. The van der Waals surface area contributed by atoms with Crippen LogP contribution in [0.2, 0.25) is 0 Å². The second-order valence-corrected chi connectivity index (χ2v) is 7.16. The highest BCUT2D eigenvalue weighted by molar-refractivity contribution is 14.0. The standard InChI is InChI=1S/C22H27FN6.HI/c1-3-25-22(26-15-18-8-7-17(14-24)13-20(18)23)28-19-9-11-29(12-10-19)21-6-4-5-16(2)27-21;/h4-8,13,19H,3,9-12,15H2,1-2H3,(H2,25,26,28);1H. The van der Waals surface area contributed by atoms with Crippen LogP contribution in [0, 0.1) is 24.1 Å². The highest BCUT2D eigenvalue weighted by Gasteiger charge is 2.21. The van der Waals surface area contributed by atoms with Crippen molar-refractivity contribution in [3.63, 3.8) is 0 Å². The van der Waals surface area contributed by atoms with Gasteiger partial charge in [0.05, 0.1) is 18.2 Å². The third-order valence-electron chi connectivity index (χ3n) is 4.97. The monoisotopic (exact) mass is 522 g/mol. The van der Waals surface area contributed by atoms with Crippen molar-refractivity contribution in [3.8, 4) is 6.07 Å². The van der Waals surface area contributed by atoms with Crippen LogP contribution in [-0.2, 0) is 6.54 Å². The average molecular weight is 522 g/mol. The molecule has 0 spiro atoms. The third-order valence-corrected chi connectivity index (χ3v) is 4.97. The van der Waals surface area contributed by atoms with E-state index in [4.69, 9.17) is 5.26 Å². The Morgan fingerprint density at radius 3 is 2.70 bits per heavy atom. The maximum absolute atomic E-state index is 14.1. The summed E-state index contributed by atoms with van der Waals surface area (Å²) in [5, 5.41) is 15.6. The molecule has 0 unspecified atom stereocenters. The number of piperidine rings is 1. The molecule has 2 heterocycles. The molecule has 1 aromatic carbocycles. The maximum Gasteiger partial charge on any atom is 0.191 e. The number of halogens is 2. The van der Waals surface area contributed by atoms with E-state index in [1.54, 1.807) is 12.1 Å². The van der Waals surface area contributed by atoms with Crippen molar-refractivity contribution in [2.75, 3.05) is 24.5 Å². The lowest BCUT2D eigenvalue weighted by Gasteiger charge is -2.34. The number of benzene rings is 1. The Morgan fingerprint density at radius 2 is 2.07 bits per heavy atom. The van der Waals surface area contributed by atoms with Crippen molar-refractivity contribution >= 4 is 35.8 Å². The van der Waals surface area contributed by atoms with E-state index in [0.29, 0.717) is 23.1 Å². The lowest BCUT2D eigenvalue weighted by atomic mass is 10.1. The molecule has 0 amide bonds. The van der Waals surface area contributed by atoms with Gasteiger partial charge in [-0.15, -0.1) is 24.0 Å². The summed E-state index contributed by atoms with van der Waals surface area (Å²) in [4.78, 5) is 11.4. The molecule has 1 saturated heterocycles. The smallest absolute Gasteiger partial charge is 0.191 e. The van der Waals surface area contributed by atoms with Gasteiger partial charge in [-0.3, -0.25) is 0 Å². The quantitative estimate of drug-likeness (QED) is 0.356. The summed E-state index contributed by atoms with van der Waals surface area (Å²) in [7, 11) is 0. The molecule has 3 rings (SSSR count). The molecule has 1 aliphatic heterocycles. The molecule has 160 valence electrons. The van der Waals surface area contributed by atoms with Gasteiger partial charge in [-0.1, -0.05) is 12.1 Å². The summed E-state index contributed by atoms with van der Waals surface area (Å²) in [5.74, 6) is 1.31. The van der Waals surface area contributed by atoms with Gasteiger partial charge < -0.3 is 15.5 Å². The normalized spacial score (nSPS) is 14.6. The van der Waals surface area contributed by atoms with Gasteiger partial charge in [0.15, 0.2) is 5.96 Å². The topological polar surface area (TPSA) is 76.3 Å². The number of guanidine groups is 1. The molecule has 8 heteroatoms. The Morgan fingerprint density at radius 1 is 1.30 bits per heavy atom. The number of pyridine rings is 1. The molecule has 2 aromatic rings. The summed E-state index contributed by atoms with van der Waals surface area (Å²) in [6, 6.07) is 12.8. The molecule has 0 radical (unpaired) electrons. The second kappa shape index (κ2) is 11.7. The minimum absolute atomic E-state index is 0.